The number of benzene rings is 2. The molecule has 116 valence electrons. The fourth-order valence-corrected chi connectivity index (χ4v) is 1.98. The maximum Gasteiger partial charge on any atom is 0.277 e. The number of hydrogen-bond acceptors (Lipinski definition) is 4. The minimum Gasteiger partial charge on any atom is -0.482 e. The summed E-state index contributed by atoms with van der Waals surface area (Å²) < 4.78 is 5.32. The van der Waals surface area contributed by atoms with Gasteiger partial charge in [0.05, 0.1) is 11.3 Å². The second-order valence-electron chi connectivity index (χ2n) is 4.64. The molecule has 2 aromatic rings. The molecule has 0 aliphatic carbocycles. The number of nitrogens with zero attached hydrogens (tertiary/aromatic N) is 2. The van der Waals surface area contributed by atoms with Crippen LogP contribution in [0.5, 0.6) is 5.75 Å². The minimum atomic E-state index is -0.417. The Balaban J connectivity index is 1.92. The highest BCUT2D eigenvalue weighted by molar-refractivity contribution is 6.31. The standard InChI is InChI=1S/C17H14ClN3O2/c1-12(13-6-4-7-15(18)9-13)20-21-17(22)11-23-16-8-3-2-5-14(16)10-19/h2-9H,11H2,1H3,(H,21,22)/b20-12+. The van der Waals surface area contributed by atoms with Crippen molar-refractivity contribution in [1.29, 1.82) is 5.26 Å². The summed E-state index contributed by atoms with van der Waals surface area (Å²) in [6.07, 6.45) is 0. The molecule has 1 amide bonds. The first kappa shape index (κ1) is 16.5. The Labute approximate surface area is 139 Å². The summed E-state index contributed by atoms with van der Waals surface area (Å²) in [6, 6.07) is 15.9. The highest BCUT2D eigenvalue weighted by Crippen LogP contribution is 2.16. The molecule has 2 aromatic carbocycles. The summed E-state index contributed by atoms with van der Waals surface area (Å²) in [4.78, 5) is 11.8. The Kier molecular flexibility index (Phi) is 5.73. The first-order valence-corrected chi connectivity index (χ1v) is 7.19. The molecule has 0 bridgehead atoms. The molecule has 6 heteroatoms. The molecular formula is C17H14ClN3O2. The molecule has 23 heavy (non-hydrogen) atoms. The van der Waals surface area contributed by atoms with Crippen molar-refractivity contribution >= 4 is 23.2 Å². The van der Waals surface area contributed by atoms with Gasteiger partial charge in [-0.05, 0) is 36.8 Å². The molecular weight excluding hydrogens is 314 g/mol. The molecule has 0 saturated heterocycles. The summed E-state index contributed by atoms with van der Waals surface area (Å²) in [7, 11) is 0. The highest BCUT2D eigenvalue weighted by atomic mass is 35.5. The van der Waals surface area contributed by atoms with Gasteiger partial charge in [0, 0.05) is 5.02 Å². The van der Waals surface area contributed by atoms with Gasteiger partial charge in [-0.2, -0.15) is 10.4 Å². The lowest BCUT2D eigenvalue weighted by Crippen LogP contribution is -2.25. The predicted molar refractivity (Wildman–Crippen MR) is 88.5 cm³/mol. The molecule has 0 fully saturated rings. The van der Waals surface area contributed by atoms with Crippen molar-refractivity contribution in [3.63, 3.8) is 0 Å². The maximum atomic E-state index is 11.8. The van der Waals surface area contributed by atoms with E-state index in [2.05, 4.69) is 10.5 Å². The van der Waals surface area contributed by atoms with Gasteiger partial charge >= 0.3 is 0 Å². The molecule has 1 N–H and O–H groups in total. The second-order valence-corrected chi connectivity index (χ2v) is 5.08. The maximum absolute atomic E-state index is 11.8. The summed E-state index contributed by atoms with van der Waals surface area (Å²) in [5.41, 5.74) is 4.22. The van der Waals surface area contributed by atoms with Gasteiger partial charge in [0.25, 0.3) is 5.91 Å². The lowest BCUT2D eigenvalue weighted by Gasteiger charge is -2.07. The van der Waals surface area contributed by atoms with Crippen LogP contribution in [0.4, 0.5) is 0 Å². The van der Waals surface area contributed by atoms with Crippen LogP contribution >= 0.6 is 11.6 Å². The van der Waals surface area contributed by atoms with Crippen LogP contribution in [0.1, 0.15) is 18.1 Å². The number of hydrazone groups is 1. The number of nitriles is 1. The van der Waals surface area contributed by atoms with Gasteiger partial charge in [-0.1, -0.05) is 35.9 Å². The quantitative estimate of drug-likeness (QED) is 0.677. The van der Waals surface area contributed by atoms with Crippen molar-refractivity contribution in [3.05, 3.63) is 64.7 Å². The van der Waals surface area contributed by atoms with E-state index >= 15 is 0 Å². The van der Waals surface area contributed by atoms with Gasteiger partial charge < -0.3 is 4.74 Å². The molecule has 0 aromatic heterocycles. The average Bonchev–Trinajstić information content (AvgIpc) is 2.58. The molecule has 0 aliphatic rings. The number of halogens is 1. The smallest absolute Gasteiger partial charge is 0.277 e. The van der Waals surface area contributed by atoms with Crippen molar-refractivity contribution in [2.75, 3.05) is 6.61 Å². The zero-order chi connectivity index (χ0) is 16.7. The number of nitrogens with one attached hydrogen (secondary N) is 1. The average molecular weight is 328 g/mol. The Morgan fingerprint density at radius 1 is 1.30 bits per heavy atom. The van der Waals surface area contributed by atoms with E-state index in [1.165, 1.54) is 0 Å². The number of amides is 1. The van der Waals surface area contributed by atoms with Crippen LogP contribution in [0.2, 0.25) is 5.02 Å². The first-order chi connectivity index (χ1) is 11.1. The summed E-state index contributed by atoms with van der Waals surface area (Å²) >= 11 is 5.91. The van der Waals surface area contributed by atoms with E-state index < -0.39 is 5.91 Å². The third kappa shape index (κ3) is 4.83. The molecule has 5 nitrogen and oxygen atoms in total. The van der Waals surface area contributed by atoms with Crippen molar-refractivity contribution in [1.82, 2.24) is 5.43 Å². The Bertz CT molecular complexity index is 781. The van der Waals surface area contributed by atoms with Gasteiger partial charge in [-0.3, -0.25) is 4.79 Å². The van der Waals surface area contributed by atoms with Crippen LogP contribution < -0.4 is 10.2 Å². The lowest BCUT2D eigenvalue weighted by atomic mass is 10.1. The zero-order valence-electron chi connectivity index (χ0n) is 12.4. The number of carbonyl (C=O) groups excluding carboxylic acids is 1. The van der Waals surface area contributed by atoms with E-state index in [-0.39, 0.29) is 6.61 Å². The van der Waals surface area contributed by atoms with Crippen LogP contribution in [0.15, 0.2) is 53.6 Å². The summed E-state index contributed by atoms with van der Waals surface area (Å²) in [5.74, 6) is -0.0557. The minimum absolute atomic E-state index is 0.231. The van der Waals surface area contributed by atoms with Crippen LogP contribution in [0.25, 0.3) is 0 Å². The van der Waals surface area contributed by atoms with E-state index in [9.17, 15) is 4.79 Å². The molecule has 2 rings (SSSR count). The SMILES string of the molecule is C/C(=N\NC(=O)COc1ccccc1C#N)c1cccc(Cl)c1. The Morgan fingerprint density at radius 3 is 2.83 bits per heavy atom. The molecule has 0 heterocycles. The number of carbonyl (C=O) groups is 1. The monoisotopic (exact) mass is 327 g/mol. The fourth-order valence-electron chi connectivity index (χ4n) is 1.78. The Hall–Kier alpha value is -2.84. The second kappa shape index (κ2) is 7.97. The van der Waals surface area contributed by atoms with E-state index in [1.807, 2.05) is 12.1 Å². The van der Waals surface area contributed by atoms with Crippen LogP contribution in [-0.4, -0.2) is 18.2 Å². The predicted octanol–water partition coefficient (Wildman–Crippen LogP) is 3.13. The van der Waals surface area contributed by atoms with Crippen molar-refractivity contribution in [2.24, 2.45) is 5.10 Å². The van der Waals surface area contributed by atoms with Gasteiger partial charge in [-0.15, -0.1) is 0 Å². The van der Waals surface area contributed by atoms with Gasteiger partial charge in [0.1, 0.15) is 11.8 Å². The van der Waals surface area contributed by atoms with Crippen LogP contribution in [0, 0.1) is 11.3 Å². The number of para-hydroxylation sites is 1. The fraction of sp³-hybridized carbons (Fsp3) is 0.118. The van der Waals surface area contributed by atoms with E-state index in [0.29, 0.717) is 22.0 Å². The van der Waals surface area contributed by atoms with Crippen molar-refractivity contribution in [2.45, 2.75) is 6.92 Å². The number of rotatable bonds is 5. The number of hydrogen-bond donors (Lipinski definition) is 1. The molecule has 0 atom stereocenters. The van der Waals surface area contributed by atoms with E-state index in [1.54, 1.807) is 49.4 Å². The van der Waals surface area contributed by atoms with E-state index in [0.717, 1.165) is 5.56 Å². The van der Waals surface area contributed by atoms with E-state index in [4.69, 9.17) is 21.6 Å². The highest BCUT2D eigenvalue weighted by Gasteiger charge is 2.06. The third-order valence-corrected chi connectivity index (χ3v) is 3.19. The molecule has 0 spiro atoms. The van der Waals surface area contributed by atoms with Gasteiger partial charge in [0.2, 0.25) is 0 Å². The first-order valence-electron chi connectivity index (χ1n) is 6.81. The summed E-state index contributed by atoms with van der Waals surface area (Å²) in [6.45, 7) is 1.53. The normalized spacial score (nSPS) is 10.7. The largest absolute Gasteiger partial charge is 0.482 e. The molecule has 0 unspecified atom stereocenters. The van der Waals surface area contributed by atoms with Gasteiger partial charge in [-0.25, -0.2) is 5.43 Å². The molecule has 0 saturated carbocycles. The van der Waals surface area contributed by atoms with Crippen LogP contribution in [-0.2, 0) is 4.79 Å². The topological polar surface area (TPSA) is 74.5 Å². The lowest BCUT2D eigenvalue weighted by molar-refractivity contribution is -0.123. The zero-order valence-corrected chi connectivity index (χ0v) is 13.2. The van der Waals surface area contributed by atoms with Gasteiger partial charge in [0.15, 0.2) is 6.61 Å². The van der Waals surface area contributed by atoms with Crippen LogP contribution in [0.3, 0.4) is 0 Å². The summed E-state index contributed by atoms with van der Waals surface area (Å²) in [5, 5.41) is 13.5. The van der Waals surface area contributed by atoms with Crippen molar-refractivity contribution in [3.8, 4) is 11.8 Å². The molecule has 0 radical (unpaired) electrons. The molecule has 0 aliphatic heterocycles. The Morgan fingerprint density at radius 2 is 2.09 bits per heavy atom. The number of ether oxygens (including phenoxy) is 1. The third-order valence-electron chi connectivity index (χ3n) is 2.96. The van der Waals surface area contributed by atoms with Crippen molar-refractivity contribution < 1.29 is 9.53 Å².